The Morgan fingerprint density at radius 1 is 1.03 bits per heavy atom. The first kappa shape index (κ1) is 24.1. The van der Waals surface area contributed by atoms with Gasteiger partial charge in [-0.25, -0.2) is 0 Å². The minimum Gasteiger partial charge on any atom is -0.326 e. The highest BCUT2D eigenvalue weighted by Gasteiger charge is 2.34. The first-order valence-electron chi connectivity index (χ1n) is 11.8. The van der Waals surface area contributed by atoms with E-state index in [-0.39, 0.29) is 28.5 Å². The Kier molecular flexibility index (Phi) is 7.13. The molecule has 0 bridgehead atoms. The summed E-state index contributed by atoms with van der Waals surface area (Å²) in [4.78, 5) is 27.7. The smallest absolute Gasteiger partial charge is 0.238 e. The van der Waals surface area contributed by atoms with E-state index in [0.717, 1.165) is 28.9 Å². The van der Waals surface area contributed by atoms with Crippen LogP contribution in [0.4, 0.5) is 11.4 Å². The highest BCUT2D eigenvalue weighted by atomic mass is 32.2. The van der Waals surface area contributed by atoms with Crippen molar-refractivity contribution in [3.63, 3.8) is 0 Å². The molecule has 0 spiro atoms. The van der Waals surface area contributed by atoms with E-state index in [1.165, 1.54) is 5.56 Å². The lowest BCUT2D eigenvalue weighted by molar-refractivity contribution is -0.118. The molecular formula is C29H32N2O2S. The summed E-state index contributed by atoms with van der Waals surface area (Å²) in [5.41, 5.74) is 4.96. The number of nitrogens with zero attached hydrogens (tertiary/aromatic N) is 1. The summed E-state index contributed by atoms with van der Waals surface area (Å²) in [6, 6.07) is 26.0. The van der Waals surface area contributed by atoms with Crippen LogP contribution in [0, 0.1) is 0 Å². The van der Waals surface area contributed by atoms with Crippen LogP contribution < -0.4 is 10.2 Å². The topological polar surface area (TPSA) is 49.4 Å². The average molecular weight is 473 g/mol. The van der Waals surface area contributed by atoms with Crippen LogP contribution in [0.25, 0.3) is 0 Å². The van der Waals surface area contributed by atoms with E-state index in [2.05, 4.69) is 38.2 Å². The van der Waals surface area contributed by atoms with E-state index < -0.39 is 0 Å². The zero-order valence-corrected chi connectivity index (χ0v) is 21.1. The fraction of sp³-hybridized carbons (Fsp3) is 0.310. The van der Waals surface area contributed by atoms with Crippen LogP contribution in [0.5, 0.6) is 0 Å². The van der Waals surface area contributed by atoms with Crippen molar-refractivity contribution >= 4 is 35.0 Å². The van der Waals surface area contributed by atoms with Crippen molar-refractivity contribution in [1.82, 2.24) is 0 Å². The number of anilines is 2. The second kappa shape index (κ2) is 10.1. The molecule has 1 aliphatic heterocycles. The van der Waals surface area contributed by atoms with Gasteiger partial charge in [-0.3, -0.25) is 14.5 Å². The molecule has 0 saturated carbocycles. The Bertz CT molecular complexity index is 1150. The minimum atomic E-state index is -0.204. The summed E-state index contributed by atoms with van der Waals surface area (Å²) in [6.45, 7) is 8.57. The molecule has 0 unspecified atom stereocenters. The summed E-state index contributed by atoms with van der Waals surface area (Å²) < 4.78 is 0. The van der Waals surface area contributed by atoms with E-state index in [1.54, 1.807) is 11.8 Å². The monoisotopic (exact) mass is 472 g/mol. The van der Waals surface area contributed by atoms with Crippen LogP contribution in [0.15, 0.2) is 78.9 Å². The first-order valence-corrected chi connectivity index (χ1v) is 12.8. The van der Waals surface area contributed by atoms with E-state index in [9.17, 15) is 9.59 Å². The molecule has 2 amide bonds. The van der Waals surface area contributed by atoms with Gasteiger partial charge in [0.15, 0.2) is 0 Å². The van der Waals surface area contributed by atoms with Gasteiger partial charge in [0.05, 0.1) is 11.7 Å². The van der Waals surface area contributed by atoms with Gasteiger partial charge >= 0.3 is 0 Å². The van der Waals surface area contributed by atoms with Crippen molar-refractivity contribution in [2.75, 3.05) is 16.0 Å². The number of carbonyl (C=O) groups is 2. The van der Waals surface area contributed by atoms with Gasteiger partial charge in [0, 0.05) is 11.4 Å². The number of hydrogen-bond acceptors (Lipinski definition) is 3. The third-order valence-corrected chi connectivity index (χ3v) is 7.46. The molecule has 3 aromatic rings. The SMILES string of the molecule is CC[C@H](C(=O)Nc1cccc([C@@H]2SCC(=O)N2c2ccc(C(C)(C)C)cc2)c1)c1ccccc1. The standard InChI is InChI=1S/C29H32N2O2S/c1-5-25(20-10-7-6-8-11-20)27(33)30-23-13-9-12-21(18-23)28-31(26(32)19-34-28)24-16-14-22(15-17-24)29(2,3)4/h6-18,25,28H,5,19H2,1-4H3,(H,30,33)/t25-,28-/m0/s1. The predicted molar refractivity (Wildman–Crippen MR) is 142 cm³/mol. The molecule has 0 aromatic heterocycles. The van der Waals surface area contributed by atoms with Crippen LogP contribution in [0.3, 0.4) is 0 Å². The van der Waals surface area contributed by atoms with Crippen molar-refractivity contribution in [2.45, 2.75) is 50.8 Å². The third kappa shape index (κ3) is 5.20. The molecule has 0 aliphatic carbocycles. The fourth-order valence-corrected chi connectivity index (χ4v) is 5.50. The Morgan fingerprint density at radius 3 is 2.38 bits per heavy atom. The predicted octanol–water partition coefficient (Wildman–Crippen LogP) is 6.90. The Balaban J connectivity index is 1.55. The summed E-state index contributed by atoms with van der Waals surface area (Å²) >= 11 is 1.62. The van der Waals surface area contributed by atoms with Crippen LogP contribution in [-0.4, -0.2) is 17.6 Å². The largest absolute Gasteiger partial charge is 0.326 e. The summed E-state index contributed by atoms with van der Waals surface area (Å²) in [5, 5.41) is 2.97. The molecule has 1 aliphatic rings. The number of benzene rings is 3. The fourth-order valence-electron chi connectivity index (χ4n) is 4.33. The molecule has 3 aromatic carbocycles. The maximum absolute atomic E-state index is 13.0. The van der Waals surface area contributed by atoms with Gasteiger partial charge in [-0.15, -0.1) is 11.8 Å². The number of rotatable bonds is 6. The van der Waals surface area contributed by atoms with Gasteiger partial charge < -0.3 is 5.32 Å². The summed E-state index contributed by atoms with van der Waals surface area (Å²) in [5.74, 6) is 0.317. The van der Waals surface area contributed by atoms with Crippen LogP contribution >= 0.6 is 11.8 Å². The lowest BCUT2D eigenvalue weighted by Gasteiger charge is -2.26. The van der Waals surface area contributed by atoms with E-state index in [4.69, 9.17) is 0 Å². The lowest BCUT2D eigenvalue weighted by Crippen LogP contribution is -2.28. The molecule has 5 heteroatoms. The Morgan fingerprint density at radius 2 is 1.74 bits per heavy atom. The van der Waals surface area contributed by atoms with Crippen molar-refractivity contribution in [1.29, 1.82) is 0 Å². The second-order valence-electron chi connectivity index (χ2n) is 9.71. The van der Waals surface area contributed by atoms with Crippen LogP contribution in [0.1, 0.15) is 62.1 Å². The highest BCUT2D eigenvalue weighted by molar-refractivity contribution is 8.00. The number of amides is 2. The zero-order valence-electron chi connectivity index (χ0n) is 20.2. The molecule has 1 heterocycles. The van der Waals surface area contributed by atoms with Crippen LogP contribution in [-0.2, 0) is 15.0 Å². The summed E-state index contributed by atoms with van der Waals surface area (Å²) in [6.07, 6.45) is 0.723. The molecule has 176 valence electrons. The zero-order chi connectivity index (χ0) is 24.3. The van der Waals surface area contributed by atoms with Gasteiger partial charge in [0.1, 0.15) is 5.37 Å². The molecular weight excluding hydrogens is 440 g/mol. The van der Waals surface area contributed by atoms with Gasteiger partial charge in [-0.05, 0) is 52.8 Å². The second-order valence-corrected chi connectivity index (χ2v) is 10.8. The van der Waals surface area contributed by atoms with Gasteiger partial charge in [0.25, 0.3) is 0 Å². The first-order chi connectivity index (χ1) is 16.3. The minimum absolute atomic E-state index is 0.0179. The molecule has 1 saturated heterocycles. The molecule has 4 nitrogen and oxygen atoms in total. The molecule has 34 heavy (non-hydrogen) atoms. The lowest BCUT2D eigenvalue weighted by atomic mass is 9.87. The van der Waals surface area contributed by atoms with Crippen molar-refractivity contribution < 1.29 is 9.59 Å². The van der Waals surface area contributed by atoms with Crippen molar-refractivity contribution in [3.05, 3.63) is 95.6 Å². The molecule has 1 fully saturated rings. The number of nitrogens with one attached hydrogen (secondary N) is 1. The Labute approximate surface area is 206 Å². The Hall–Kier alpha value is -3.05. The third-order valence-electron chi connectivity index (χ3n) is 6.25. The molecule has 4 rings (SSSR count). The van der Waals surface area contributed by atoms with Gasteiger partial charge in [-0.2, -0.15) is 0 Å². The van der Waals surface area contributed by atoms with Crippen LogP contribution in [0.2, 0.25) is 0 Å². The van der Waals surface area contributed by atoms with E-state index >= 15 is 0 Å². The van der Waals surface area contributed by atoms with E-state index in [1.807, 2.05) is 78.6 Å². The average Bonchev–Trinajstić information content (AvgIpc) is 3.21. The maximum atomic E-state index is 13.0. The number of thioether (sulfide) groups is 1. The van der Waals surface area contributed by atoms with Crippen molar-refractivity contribution in [2.24, 2.45) is 0 Å². The summed E-state index contributed by atoms with van der Waals surface area (Å²) in [7, 11) is 0. The van der Waals surface area contributed by atoms with E-state index in [0.29, 0.717) is 5.75 Å². The molecule has 2 atom stereocenters. The molecule has 1 N–H and O–H groups in total. The van der Waals surface area contributed by atoms with Crippen molar-refractivity contribution in [3.8, 4) is 0 Å². The quantitative estimate of drug-likeness (QED) is 0.425. The highest BCUT2D eigenvalue weighted by Crippen LogP contribution is 2.42. The van der Waals surface area contributed by atoms with Gasteiger partial charge in [-0.1, -0.05) is 82.3 Å². The normalized spacial score (nSPS) is 17.0. The maximum Gasteiger partial charge on any atom is 0.238 e. The van der Waals surface area contributed by atoms with Gasteiger partial charge in [0.2, 0.25) is 11.8 Å². The number of carbonyl (C=O) groups excluding carboxylic acids is 2. The molecule has 0 radical (unpaired) electrons. The number of hydrogen-bond donors (Lipinski definition) is 1.